The molecule has 1 amide bonds. The van der Waals surface area contributed by atoms with E-state index in [2.05, 4.69) is 11.8 Å². The Bertz CT molecular complexity index is 271. The van der Waals surface area contributed by atoms with E-state index in [0.29, 0.717) is 18.5 Å². The molecule has 1 atom stereocenters. The Balaban J connectivity index is 2.10. The zero-order chi connectivity index (χ0) is 12.3. The molecule has 1 aliphatic heterocycles. The number of carbonyl (C=O) groups is 1. The van der Waals surface area contributed by atoms with Gasteiger partial charge in [-0.3, -0.25) is 4.79 Å². The summed E-state index contributed by atoms with van der Waals surface area (Å²) in [5.74, 6) is 0.365. The van der Waals surface area contributed by atoms with Crippen LogP contribution in [0.2, 0.25) is 0 Å². The van der Waals surface area contributed by atoms with Crippen molar-refractivity contribution in [3.63, 3.8) is 0 Å². The van der Waals surface area contributed by atoms with Gasteiger partial charge < -0.3 is 10.6 Å². The van der Waals surface area contributed by atoms with Crippen LogP contribution in [0.1, 0.15) is 58.3 Å². The molecule has 3 heteroatoms. The lowest BCUT2D eigenvalue weighted by Gasteiger charge is -2.39. The van der Waals surface area contributed by atoms with E-state index < -0.39 is 0 Å². The summed E-state index contributed by atoms with van der Waals surface area (Å²) in [5, 5.41) is 0. The fourth-order valence-corrected chi connectivity index (χ4v) is 3.57. The molecular weight excluding hydrogens is 212 g/mol. The largest absolute Gasteiger partial charge is 0.339 e. The van der Waals surface area contributed by atoms with Crippen molar-refractivity contribution in [2.75, 3.05) is 13.1 Å². The number of amides is 1. The summed E-state index contributed by atoms with van der Waals surface area (Å²) in [6, 6.07) is 0.479. The Labute approximate surface area is 105 Å². The lowest BCUT2D eigenvalue weighted by Crippen LogP contribution is -2.50. The zero-order valence-electron chi connectivity index (χ0n) is 11.1. The Hall–Kier alpha value is -0.570. The molecule has 17 heavy (non-hydrogen) atoms. The van der Waals surface area contributed by atoms with Crippen LogP contribution in [0.4, 0.5) is 0 Å². The van der Waals surface area contributed by atoms with E-state index in [1.165, 1.54) is 32.1 Å². The van der Waals surface area contributed by atoms with Crippen LogP contribution in [0.3, 0.4) is 0 Å². The minimum Gasteiger partial charge on any atom is -0.339 e. The van der Waals surface area contributed by atoms with Crippen LogP contribution >= 0.6 is 0 Å². The average molecular weight is 238 g/mol. The number of rotatable bonds is 3. The summed E-state index contributed by atoms with van der Waals surface area (Å²) in [4.78, 5) is 14.9. The zero-order valence-corrected chi connectivity index (χ0v) is 11.1. The van der Waals surface area contributed by atoms with Gasteiger partial charge in [0.05, 0.1) is 5.41 Å². The first kappa shape index (κ1) is 12.9. The van der Waals surface area contributed by atoms with Crippen LogP contribution in [0.5, 0.6) is 0 Å². The van der Waals surface area contributed by atoms with E-state index in [9.17, 15) is 4.79 Å². The number of hydrogen-bond donors (Lipinski definition) is 1. The normalized spacial score (nSPS) is 28.4. The summed E-state index contributed by atoms with van der Waals surface area (Å²) in [5.41, 5.74) is 5.73. The molecule has 1 heterocycles. The van der Waals surface area contributed by atoms with Crippen molar-refractivity contribution in [2.24, 2.45) is 11.1 Å². The van der Waals surface area contributed by atoms with E-state index in [-0.39, 0.29) is 5.41 Å². The predicted octanol–water partition coefficient (Wildman–Crippen LogP) is 2.30. The standard InChI is InChI=1S/C14H26N2O/c1-2-12-7-6-10-16(12)13(17)14(11-15)8-4-3-5-9-14/h12H,2-11,15H2,1H3. The van der Waals surface area contributed by atoms with Gasteiger partial charge in [0.25, 0.3) is 0 Å². The van der Waals surface area contributed by atoms with E-state index in [1.807, 2.05) is 0 Å². The number of nitrogens with two attached hydrogens (primary N) is 1. The van der Waals surface area contributed by atoms with Crippen LogP contribution in [0.15, 0.2) is 0 Å². The number of hydrogen-bond acceptors (Lipinski definition) is 2. The second-order valence-corrected chi connectivity index (χ2v) is 5.75. The minimum absolute atomic E-state index is 0.212. The highest BCUT2D eigenvalue weighted by Crippen LogP contribution is 2.39. The van der Waals surface area contributed by atoms with Crippen molar-refractivity contribution in [3.8, 4) is 0 Å². The Morgan fingerprint density at radius 2 is 2.00 bits per heavy atom. The van der Waals surface area contributed by atoms with Gasteiger partial charge in [0.2, 0.25) is 5.91 Å². The first-order valence-electron chi connectivity index (χ1n) is 7.24. The van der Waals surface area contributed by atoms with Crippen molar-refractivity contribution in [3.05, 3.63) is 0 Å². The van der Waals surface area contributed by atoms with Gasteiger partial charge in [-0.05, 0) is 32.1 Å². The third-order valence-corrected chi connectivity index (χ3v) is 4.76. The fourth-order valence-electron chi connectivity index (χ4n) is 3.57. The SMILES string of the molecule is CCC1CCCN1C(=O)C1(CN)CCCCC1. The van der Waals surface area contributed by atoms with Crippen molar-refractivity contribution in [1.82, 2.24) is 4.90 Å². The van der Waals surface area contributed by atoms with Crippen LogP contribution in [0, 0.1) is 5.41 Å². The van der Waals surface area contributed by atoms with Crippen LogP contribution in [0.25, 0.3) is 0 Å². The quantitative estimate of drug-likeness (QED) is 0.820. The summed E-state index contributed by atoms with van der Waals surface area (Å²) in [7, 11) is 0. The molecular formula is C14H26N2O. The molecule has 1 unspecified atom stereocenters. The number of nitrogens with zero attached hydrogens (tertiary/aromatic N) is 1. The van der Waals surface area contributed by atoms with Crippen molar-refractivity contribution in [2.45, 2.75) is 64.3 Å². The molecule has 1 saturated heterocycles. The first-order chi connectivity index (χ1) is 8.23. The van der Waals surface area contributed by atoms with Gasteiger partial charge in [0.1, 0.15) is 0 Å². The summed E-state index contributed by atoms with van der Waals surface area (Å²) in [6.45, 7) is 3.68. The lowest BCUT2D eigenvalue weighted by atomic mass is 9.73. The minimum atomic E-state index is -0.212. The van der Waals surface area contributed by atoms with Crippen LogP contribution in [-0.2, 0) is 4.79 Å². The first-order valence-corrected chi connectivity index (χ1v) is 7.24. The molecule has 98 valence electrons. The second kappa shape index (κ2) is 5.38. The van der Waals surface area contributed by atoms with Crippen LogP contribution < -0.4 is 5.73 Å². The molecule has 0 spiro atoms. The average Bonchev–Trinajstić information content (AvgIpc) is 2.86. The summed E-state index contributed by atoms with van der Waals surface area (Å²) >= 11 is 0. The molecule has 2 aliphatic rings. The van der Waals surface area contributed by atoms with Crippen molar-refractivity contribution < 1.29 is 4.79 Å². The van der Waals surface area contributed by atoms with Crippen LogP contribution in [-0.4, -0.2) is 29.9 Å². The molecule has 3 nitrogen and oxygen atoms in total. The van der Waals surface area contributed by atoms with Gasteiger partial charge in [-0.15, -0.1) is 0 Å². The maximum atomic E-state index is 12.8. The molecule has 0 aromatic heterocycles. The highest BCUT2D eigenvalue weighted by molar-refractivity contribution is 5.83. The van der Waals surface area contributed by atoms with Gasteiger partial charge in [-0.1, -0.05) is 26.2 Å². The van der Waals surface area contributed by atoms with Gasteiger partial charge in [0, 0.05) is 19.1 Å². The highest BCUT2D eigenvalue weighted by Gasteiger charge is 2.43. The Morgan fingerprint density at radius 1 is 1.29 bits per heavy atom. The highest BCUT2D eigenvalue weighted by atomic mass is 16.2. The smallest absolute Gasteiger partial charge is 0.230 e. The maximum Gasteiger partial charge on any atom is 0.230 e. The van der Waals surface area contributed by atoms with Gasteiger partial charge >= 0.3 is 0 Å². The van der Waals surface area contributed by atoms with Gasteiger partial charge in [-0.2, -0.15) is 0 Å². The third-order valence-electron chi connectivity index (χ3n) is 4.76. The molecule has 2 rings (SSSR count). The lowest BCUT2D eigenvalue weighted by molar-refractivity contribution is -0.144. The third kappa shape index (κ3) is 2.35. The van der Waals surface area contributed by atoms with E-state index in [4.69, 9.17) is 5.73 Å². The molecule has 2 fully saturated rings. The molecule has 0 aromatic rings. The molecule has 1 saturated carbocycles. The summed E-state index contributed by atoms with van der Waals surface area (Å²) in [6.07, 6.45) is 9.08. The van der Waals surface area contributed by atoms with Gasteiger partial charge in [0.15, 0.2) is 0 Å². The molecule has 1 aliphatic carbocycles. The molecule has 0 radical (unpaired) electrons. The number of likely N-dealkylation sites (tertiary alicyclic amines) is 1. The monoisotopic (exact) mass is 238 g/mol. The molecule has 2 N–H and O–H groups in total. The maximum absolute atomic E-state index is 12.8. The van der Waals surface area contributed by atoms with E-state index in [1.54, 1.807) is 0 Å². The molecule has 0 aromatic carbocycles. The Kier molecular flexibility index (Phi) is 4.08. The Morgan fingerprint density at radius 3 is 2.59 bits per heavy atom. The van der Waals surface area contributed by atoms with Gasteiger partial charge in [-0.25, -0.2) is 0 Å². The second-order valence-electron chi connectivity index (χ2n) is 5.75. The fraction of sp³-hybridized carbons (Fsp3) is 0.929. The molecule has 0 bridgehead atoms. The predicted molar refractivity (Wildman–Crippen MR) is 69.6 cm³/mol. The van der Waals surface area contributed by atoms with E-state index in [0.717, 1.165) is 25.8 Å². The number of carbonyl (C=O) groups excluding carboxylic acids is 1. The van der Waals surface area contributed by atoms with Crippen molar-refractivity contribution in [1.29, 1.82) is 0 Å². The summed E-state index contributed by atoms with van der Waals surface area (Å²) < 4.78 is 0. The van der Waals surface area contributed by atoms with E-state index >= 15 is 0 Å². The van der Waals surface area contributed by atoms with Crippen molar-refractivity contribution >= 4 is 5.91 Å². The topological polar surface area (TPSA) is 46.3 Å².